The van der Waals surface area contributed by atoms with Crippen LogP contribution in [-0.4, -0.2) is 26.4 Å². The van der Waals surface area contributed by atoms with Crippen LogP contribution in [0.2, 0.25) is 0 Å². The summed E-state index contributed by atoms with van der Waals surface area (Å²) < 4.78 is 27.5. The number of ether oxygens (including phenoxy) is 5. The molecule has 3 aromatic carbocycles. The van der Waals surface area contributed by atoms with Crippen LogP contribution < -0.4 is 29.0 Å². The molecule has 0 aliphatic carbocycles. The van der Waals surface area contributed by atoms with Gasteiger partial charge in [-0.25, -0.2) is 0 Å². The van der Waals surface area contributed by atoms with Crippen molar-refractivity contribution < 1.29 is 28.5 Å². The van der Waals surface area contributed by atoms with Gasteiger partial charge in [0.25, 0.3) is 5.91 Å². The summed E-state index contributed by atoms with van der Waals surface area (Å²) in [6.07, 6.45) is 0. The van der Waals surface area contributed by atoms with Gasteiger partial charge < -0.3 is 29.0 Å². The Morgan fingerprint density at radius 2 is 1.81 bits per heavy atom. The lowest BCUT2D eigenvalue weighted by Gasteiger charge is -2.14. The summed E-state index contributed by atoms with van der Waals surface area (Å²) in [6, 6.07) is 17.9. The lowest BCUT2D eigenvalue weighted by Crippen LogP contribution is -2.13. The summed E-state index contributed by atoms with van der Waals surface area (Å²) in [4.78, 5) is 12.8. The van der Waals surface area contributed by atoms with Gasteiger partial charge in [0, 0.05) is 28.9 Å². The molecule has 1 heterocycles. The SMILES string of the molecule is CCOc1ccc(C(=O)Nc2ccc3c(c2)OCO3)cc1COc1cccc(OC)c1. The Labute approximate surface area is 180 Å². The van der Waals surface area contributed by atoms with Crippen molar-refractivity contribution in [1.29, 1.82) is 0 Å². The van der Waals surface area contributed by atoms with Gasteiger partial charge in [0.2, 0.25) is 6.79 Å². The second-order valence-electron chi connectivity index (χ2n) is 6.75. The molecule has 3 aromatic rings. The van der Waals surface area contributed by atoms with E-state index in [0.29, 0.717) is 46.6 Å². The molecule has 160 valence electrons. The van der Waals surface area contributed by atoms with Gasteiger partial charge in [-0.05, 0) is 49.4 Å². The normalized spacial score (nSPS) is 11.7. The van der Waals surface area contributed by atoms with Crippen molar-refractivity contribution in [3.05, 3.63) is 71.8 Å². The van der Waals surface area contributed by atoms with E-state index in [4.69, 9.17) is 23.7 Å². The van der Waals surface area contributed by atoms with E-state index < -0.39 is 0 Å². The quantitative estimate of drug-likeness (QED) is 0.571. The third-order valence-electron chi connectivity index (χ3n) is 4.69. The first-order valence-electron chi connectivity index (χ1n) is 9.90. The molecular formula is C24H23NO6. The average molecular weight is 421 g/mol. The maximum Gasteiger partial charge on any atom is 0.255 e. The van der Waals surface area contributed by atoms with Crippen molar-refractivity contribution >= 4 is 11.6 Å². The van der Waals surface area contributed by atoms with Gasteiger partial charge in [-0.3, -0.25) is 4.79 Å². The van der Waals surface area contributed by atoms with Gasteiger partial charge in [0.05, 0.1) is 13.7 Å². The Bertz CT molecular complexity index is 1080. The van der Waals surface area contributed by atoms with E-state index in [9.17, 15) is 4.79 Å². The summed E-state index contributed by atoms with van der Waals surface area (Å²) in [5.74, 6) is 3.07. The van der Waals surface area contributed by atoms with Gasteiger partial charge in [-0.2, -0.15) is 0 Å². The van der Waals surface area contributed by atoms with Crippen LogP contribution in [0.3, 0.4) is 0 Å². The minimum atomic E-state index is -0.246. The largest absolute Gasteiger partial charge is 0.497 e. The fourth-order valence-corrected chi connectivity index (χ4v) is 3.16. The standard InChI is InChI=1S/C24H23NO6/c1-3-28-21-9-7-16(11-17(21)14-29-20-6-4-5-19(13-20)27-2)24(26)25-18-8-10-22-23(12-18)31-15-30-22/h4-13H,3,14-15H2,1-2H3,(H,25,26). The number of fused-ring (bicyclic) bond motifs is 1. The Hall–Kier alpha value is -3.87. The number of methoxy groups -OCH3 is 1. The summed E-state index contributed by atoms with van der Waals surface area (Å²) in [7, 11) is 1.61. The Morgan fingerprint density at radius 3 is 2.65 bits per heavy atom. The van der Waals surface area contributed by atoms with E-state index in [2.05, 4.69) is 5.32 Å². The third kappa shape index (κ3) is 4.83. The van der Waals surface area contributed by atoms with Crippen molar-refractivity contribution in [1.82, 2.24) is 0 Å². The smallest absolute Gasteiger partial charge is 0.255 e. The van der Waals surface area contributed by atoms with Gasteiger partial charge >= 0.3 is 0 Å². The number of nitrogens with one attached hydrogen (secondary N) is 1. The molecule has 0 radical (unpaired) electrons. The topological polar surface area (TPSA) is 75.3 Å². The fraction of sp³-hybridized carbons (Fsp3) is 0.208. The molecule has 1 aliphatic heterocycles. The van der Waals surface area contributed by atoms with Crippen LogP contribution in [0.25, 0.3) is 0 Å². The predicted molar refractivity (Wildman–Crippen MR) is 115 cm³/mol. The Kier molecular flexibility index (Phi) is 6.12. The molecule has 0 fully saturated rings. The zero-order valence-corrected chi connectivity index (χ0v) is 17.3. The number of hydrogen-bond acceptors (Lipinski definition) is 6. The number of hydrogen-bond donors (Lipinski definition) is 1. The number of rotatable bonds is 8. The molecule has 0 unspecified atom stereocenters. The molecule has 1 N–H and O–H groups in total. The van der Waals surface area contributed by atoms with E-state index in [-0.39, 0.29) is 19.3 Å². The maximum atomic E-state index is 12.8. The molecule has 0 saturated heterocycles. The van der Waals surface area contributed by atoms with E-state index >= 15 is 0 Å². The molecule has 0 atom stereocenters. The molecule has 0 saturated carbocycles. The highest BCUT2D eigenvalue weighted by atomic mass is 16.7. The van der Waals surface area contributed by atoms with Crippen LogP contribution in [-0.2, 0) is 6.61 Å². The van der Waals surface area contributed by atoms with Crippen LogP contribution in [0.4, 0.5) is 5.69 Å². The molecule has 7 heteroatoms. The van der Waals surface area contributed by atoms with Crippen LogP contribution >= 0.6 is 0 Å². The summed E-state index contributed by atoms with van der Waals surface area (Å²) in [5.41, 5.74) is 1.88. The molecule has 7 nitrogen and oxygen atoms in total. The minimum Gasteiger partial charge on any atom is -0.497 e. The van der Waals surface area contributed by atoms with Crippen LogP contribution in [0, 0.1) is 0 Å². The van der Waals surface area contributed by atoms with Gasteiger partial charge in [-0.15, -0.1) is 0 Å². The summed E-state index contributed by atoms with van der Waals surface area (Å²) in [6.45, 7) is 2.85. The van der Waals surface area contributed by atoms with Gasteiger partial charge in [0.15, 0.2) is 11.5 Å². The number of anilines is 1. The van der Waals surface area contributed by atoms with Crippen molar-refractivity contribution in [3.8, 4) is 28.7 Å². The molecule has 0 bridgehead atoms. The molecule has 4 rings (SSSR count). The lowest BCUT2D eigenvalue weighted by molar-refractivity contribution is 0.102. The first-order chi connectivity index (χ1) is 15.2. The number of benzene rings is 3. The first kappa shape index (κ1) is 20.4. The van der Waals surface area contributed by atoms with Crippen LogP contribution in [0.5, 0.6) is 28.7 Å². The minimum absolute atomic E-state index is 0.183. The molecule has 1 amide bonds. The van der Waals surface area contributed by atoms with Gasteiger partial charge in [0.1, 0.15) is 23.9 Å². The monoisotopic (exact) mass is 421 g/mol. The lowest BCUT2D eigenvalue weighted by atomic mass is 10.1. The third-order valence-corrected chi connectivity index (χ3v) is 4.69. The van der Waals surface area contributed by atoms with Crippen molar-refractivity contribution in [2.75, 3.05) is 25.8 Å². The highest BCUT2D eigenvalue weighted by Gasteiger charge is 2.16. The van der Waals surface area contributed by atoms with Crippen molar-refractivity contribution in [2.45, 2.75) is 13.5 Å². The first-order valence-corrected chi connectivity index (χ1v) is 9.90. The highest BCUT2D eigenvalue weighted by molar-refractivity contribution is 6.04. The van der Waals surface area contributed by atoms with Gasteiger partial charge in [-0.1, -0.05) is 6.07 Å². The number of carbonyl (C=O) groups excluding carboxylic acids is 1. The fourth-order valence-electron chi connectivity index (χ4n) is 3.16. The maximum absolute atomic E-state index is 12.8. The van der Waals surface area contributed by atoms with E-state index in [1.54, 1.807) is 49.6 Å². The van der Waals surface area contributed by atoms with E-state index in [1.807, 2.05) is 25.1 Å². The van der Waals surface area contributed by atoms with Crippen LogP contribution in [0.15, 0.2) is 60.7 Å². The molecular weight excluding hydrogens is 398 g/mol. The highest BCUT2D eigenvalue weighted by Crippen LogP contribution is 2.34. The molecule has 0 spiro atoms. The van der Waals surface area contributed by atoms with Crippen LogP contribution in [0.1, 0.15) is 22.8 Å². The molecule has 31 heavy (non-hydrogen) atoms. The van der Waals surface area contributed by atoms with Crippen molar-refractivity contribution in [2.24, 2.45) is 0 Å². The molecule has 1 aliphatic rings. The zero-order valence-electron chi connectivity index (χ0n) is 17.3. The number of carbonyl (C=O) groups is 1. The van der Waals surface area contributed by atoms with Crippen molar-refractivity contribution in [3.63, 3.8) is 0 Å². The van der Waals surface area contributed by atoms with E-state index in [0.717, 1.165) is 5.56 Å². The summed E-state index contributed by atoms with van der Waals surface area (Å²) in [5, 5.41) is 2.88. The number of amides is 1. The predicted octanol–water partition coefficient (Wildman–Crippen LogP) is 4.65. The summed E-state index contributed by atoms with van der Waals surface area (Å²) >= 11 is 0. The zero-order chi connectivity index (χ0) is 21.6. The Balaban J connectivity index is 1.50. The average Bonchev–Trinajstić information content (AvgIpc) is 3.26. The second-order valence-corrected chi connectivity index (χ2v) is 6.75. The second kappa shape index (κ2) is 9.30. The Morgan fingerprint density at radius 1 is 0.968 bits per heavy atom. The molecule has 0 aromatic heterocycles. The van der Waals surface area contributed by atoms with E-state index in [1.165, 1.54) is 0 Å².